The summed E-state index contributed by atoms with van der Waals surface area (Å²) >= 11 is 0. The molecule has 0 unspecified atom stereocenters. The number of nitrogens with one attached hydrogen (secondary N) is 6. The predicted octanol–water partition coefficient (Wildman–Crippen LogP) is 1.05. The van der Waals surface area contributed by atoms with Crippen molar-refractivity contribution in [1.82, 2.24) is 0 Å². The van der Waals surface area contributed by atoms with Crippen LogP contribution < -0.4 is 30.6 Å². The number of aromatic nitrogens is 4. The van der Waals surface area contributed by atoms with Crippen LogP contribution in [0.1, 0.15) is 0 Å². The normalized spacial score (nSPS) is 12.4. The highest BCUT2D eigenvalue weighted by molar-refractivity contribution is 5.84. The third-order valence-electron chi connectivity index (χ3n) is 3.89. The predicted molar refractivity (Wildman–Crippen MR) is 80.7 cm³/mol. The first kappa shape index (κ1) is 11.4. The minimum absolute atomic E-state index is 0.895. The van der Waals surface area contributed by atoms with Gasteiger partial charge in [-0.2, -0.15) is 10.3 Å². The first-order valence-corrected chi connectivity index (χ1v) is 7.15. The third-order valence-corrected chi connectivity index (χ3v) is 3.89. The number of hydrogen-bond acceptors (Lipinski definition) is 2. The molecule has 4 aromatic rings. The molecule has 1 aliphatic rings. The second kappa shape index (κ2) is 4.11. The minimum Gasteiger partial charge on any atom is -0.289 e. The van der Waals surface area contributed by atoms with Gasteiger partial charge in [0.1, 0.15) is 0 Å². The summed E-state index contributed by atoms with van der Waals surface area (Å²) in [5.74, 6) is 1.79. The van der Waals surface area contributed by atoms with Gasteiger partial charge in [-0.1, -0.05) is 24.3 Å². The lowest BCUT2D eigenvalue weighted by Crippen LogP contribution is -2.35. The molecule has 0 saturated carbocycles. The molecule has 22 heavy (non-hydrogen) atoms. The molecule has 1 aliphatic heterocycles. The molecule has 2 aromatic heterocycles. The molecule has 0 saturated heterocycles. The van der Waals surface area contributed by atoms with Crippen LogP contribution in [0, 0.1) is 0 Å². The molecule has 5 rings (SSSR count). The number of fused-ring (bicyclic) bond motifs is 4. The smallest absolute Gasteiger partial charge is 0.289 e. The lowest BCUT2D eigenvalue weighted by Gasteiger charge is -2.09. The van der Waals surface area contributed by atoms with Gasteiger partial charge in [-0.05, 0) is 12.1 Å². The maximum absolute atomic E-state index is 3.40. The van der Waals surface area contributed by atoms with Crippen molar-refractivity contribution in [3.8, 4) is 0 Å². The molecule has 0 amide bonds. The maximum atomic E-state index is 3.40. The van der Waals surface area contributed by atoms with Crippen LogP contribution >= 0.6 is 0 Å². The van der Waals surface area contributed by atoms with Gasteiger partial charge in [0, 0.05) is 12.1 Å². The van der Waals surface area contributed by atoms with E-state index in [2.05, 4.69) is 30.6 Å². The Morgan fingerprint density at radius 3 is 1.50 bits per heavy atom. The molecule has 2 aromatic carbocycles. The molecule has 0 spiro atoms. The molecule has 6 N–H and O–H groups in total. The molecule has 0 atom stereocenters. The Kier molecular flexibility index (Phi) is 2.13. The van der Waals surface area contributed by atoms with Crippen molar-refractivity contribution in [1.29, 1.82) is 0 Å². The van der Waals surface area contributed by atoms with Gasteiger partial charge in [-0.15, -0.1) is 15.0 Å². The standard InChI is InChI=1S/C16H10N6/c1-2-6-10-9(5-1)17-13-14(18-10)22-16-15(21-13)19-11-7-3-4-8-12(11)20-16/h1-8H,(H,17,19,21)(H,18,20,22)/p+4. The van der Waals surface area contributed by atoms with Crippen molar-refractivity contribution in [2.75, 3.05) is 10.6 Å². The Morgan fingerprint density at radius 1 is 0.545 bits per heavy atom. The fourth-order valence-corrected chi connectivity index (χ4v) is 2.82. The van der Waals surface area contributed by atoms with E-state index in [-0.39, 0.29) is 0 Å². The van der Waals surface area contributed by atoms with Crippen LogP contribution in [0.3, 0.4) is 0 Å². The van der Waals surface area contributed by atoms with E-state index in [1.54, 1.807) is 0 Å². The Hall–Kier alpha value is -3.28. The van der Waals surface area contributed by atoms with Gasteiger partial charge in [-0.25, -0.2) is 0 Å². The highest BCUT2D eigenvalue weighted by Gasteiger charge is 2.34. The number of hydrogen-bond donors (Lipinski definition) is 2. The fourth-order valence-electron chi connectivity index (χ4n) is 2.82. The minimum atomic E-state index is 0.895. The highest BCUT2D eigenvalue weighted by Crippen LogP contribution is 2.32. The van der Waals surface area contributed by atoms with Crippen LogP contribution in [0.4, 0.5) is 23.0 Å². The van der Waals surface area contributed by atoms with Crippen LogP contribution in [-0.2, 0) is 0 Å². The lowest BCUT2D eigenvalue weighted by molar-refractivity contribution is -0.513. The lowest BCUT2D eigenvalue weighted by atomic mass is 10.2. The van der Waals surface area contributed by atoms with Gasteiger partial charge >= 0.3 is 22.9 Å². The van der Waals surface area contributed by atoms with Crippen LogP contribution in [0.5, 0.6) is 0 Å². The van der Waals surface area contributed by atoms with E-state index in [0.717, 1.165) is 45.3 Å². The van der Waals surface area contributed by atoms with Gasteiger partial charge in [0.25, 0.3) is 5.52 Å². The zero-order valence-corrected chi connectivity index (χ0v) is 11.6. The van der Waals surface area contributed by atoms with Crippen molar-refractivity contribution in [2.24, 2.45) is 0 Å². The van der Waals surface area contributed by atoms with Crippen LogP contribution in [0.15, 0.2) is 48.5 Å². The van der Waals surface area contributed by atoms with Crippen molar-refractivity contribution < 1.29 is 19.9 Å². The van der Waals surface area contributed by atoms with Crippen LogP contribution in [0.25, 0.3) is 22.3 Å². The van der Waals surface area contributed by atoms with Gasteiger partial charge in [0.05, 0.1) is 5.69 Å². The summed E-state index contributed by atoms with van der Waals surface area (Å²) in [7, 11) is 0. The highest BCUT2D eigenvalue weighted by atomic mass is 15.2. The first-order valence-electron chi connectivity index (χ1n) is 7.15. The van der Waals surface area contributed by atoms with Crippen LogP contribution in [0.2, 0.25) is 0 Å². The molecule has 0 radical (unpaired) electrons. The summed E-state index contributed by atoms with van der Waals surface area (Å²) in [5, 5.41) is 6.79. The zero-order valence-electron chi connectivity index (χ0n) is 11.6. The van der Waals surface area contributed by atoms with Gasteiger partial charge in [0.2, 0.25) is 5.52 Å². The second-order valence-corrected chi connectivity index (χ2v) is 5.34. The number of benzene rings is 2. The van der Waals surface area contributed by atoms with Gasteiger partial charge < -0.3 is 0 Å². The molecular formula is C16H14N6+4. The van der Waals surface area contributed by atoms with Gasteiger partial charge in [0.15, 0.2) is 5.69 Å². The first-order chi connectivity index (χ1) is 10.9. The number of H-pyrrole nitrogens is 4. The molecular weight excluding hydrogens is 276 g/mol. The number of para-hydroxylation sites is 4. The third kappa shape index (κ3) is 1.61. The van der Waals surface area contributed by atoms with E-state index in [0.29, 0.717) is 0 Å². The summed E-state index contributed by atoms with van der Waals surface area (Å²) in [4.78, 5) is 13.6. The SMILES string of the molecule is c1ccc2c(c1)Nc1[nH+]c3[nH+]c4ccccc4[nH+]c3[nH+]c1N2. The number of anilines is 4. The van der Waals surface area contributed by atoms with Crippen LogP contribution in [-0.4, -0.2) is 0 Å². The Bertz CT molecular complexity index is 960. The maximum Gasteiger partial charge on any atom is 0.551 e. The Balaban J connectivity index is 1.75. The summed E-state index contributed by atoms with van der Waals surface area (Å²) in [6, 6.07) is 16.2. The van der Waals surface area contributed by atoms with E-state index in [1.807, 2.05) is 48.5 Å². The monoisotopic (exact) mass is 290 g/mol. The van der Waals surface area contributed by atoms with Crippen molar-refractivity contribution in [3.05, 3.63) is 48.5 Å². The Labute approximate surface area is 125 Å². The molecule has 104 valence electrons. The van der Waals surface area contributed by atoms with E-state index < -0.39 is 0 Å². The number of aromatic amines is 4. The molecule has 0 aliphatic carbocycles. The van der Waals surface area contributed by atoms with Crippen molar-refractivity contribution in [2.45, 2.75) is 0 Å². The molecule has 6 nitrogen and oxygen atoms in total. The zero-order chi connectivity index (χ0) is 14.5. The quantitative estimate of drug-likeness (QED) is 0.418. The number of rotatable bonds is 0. The van der Waals surface area contributed by atoms with E-state index in [1.165, 1.54) is 0 Å². The summed E-state index contributed by atoms with van der Waals surface area (Å²) in [5.41, 5.74) is 5.97. The van der Waals surface area contributed by atoms with Crippen molar-refractivity contribution in [3.63, 3.8) is 0 Å². The average Bonchev–Trinajstić information content (AvgIpc) is 2.56. The summed E-state index contributed by atoms with van der Waals surface area (Å²) in [6.07, 6.45) is 0. The second-order valence-electron chi connectivity index (χ2n) is 5.34. The van der Waals surface area contributed by atoms with Crippen molar-refractivity contribution >= 4 is 45.3 Å². The Morgan fingerprint density at radius 2 is 1.00 bits per heavy atom. The average molecular weight is 290 g/mol. The fraction of sp³-hybridized carbons (Fsp3) is 0. The summed E-state index contributed by atoms with van der Waals surface area (Å²) in [6.45, 7) is 0. The van der Waals surface area contributed by atoms with E-state index in [4.69, 9.17) is 0 Å². The van der Waals surface area contributed by atoms with E-state index >= 15 is 0 Å². The molecule has 6 heteroatoms. The molecule has 3 heterocycles. The summed E-state index contributed by atoms with van der Waals surface area (Å²) < 4.78 is 0. The topological polar surface area (TPSA) is 80.6 Å². The van der Waals surface area contributed by atoms with E-state index in [9.17, 15) is 0 Å². The molecule has 0 bridgehead atoms. The largest absolute Gasteiger partial charge is 0.551 e. The molecule has 0 fully saturated rings. The van der Waals surface area contributed by atoms with Gasteiger partial charge in [-0.3, -0.25) is 5.32 Å².